The molecule has 4 nitrogen and oxygen atoms in total. The number of rotatable bonds is 2. The topological polar surface area (TPSA) is 42.4 Å². The third-order valence-electron chi connectivity index (χ3n) is 1.88. The molecular weight excluding hydrogens is 180 g/mol. The van der Waals surface area contributed by atoms with E-state index in [1.165, 1.54) is 7.11 Å². The lowest BCUT2D eigenvalue weighted by Crippen LogP contribution is -2.26. The highest BCUT2D eigenvalue weighted by molar-refractivity contribution is 5.91. The van der Waals surface area contributed by atoms with Crippen LogP contribution in [0.1, 0.15) is 21.7 Å². The molecule has 0 unspecified atom stereocenters. The molecular formula is C10H14N2O2. The summed E-state index contributed by atoms with van der Waals surface area (Å²) in [5.41, 5.74) is 2.26. The van der Waals surface area contributed by atoms with Crippen molar-refractivity contribution >= 4 is 5.91 Å². The van der Waals surface area contributed by atoms with Crippen LogP contribution in [-0.2, 0) is 4.84 Å². The Bertz CT molecular complexity index is 330. The van der Waals surface area contributed by atoms with Crippen molar-refractivity contribution < 1.29 is 9.63 Å². The highest BCUT2D eigenvalue weighted by Gasteiger charge is 2.13. The van der Waals surface area contributed by atoms with Gasteiger partial charge in [0.1, 0.15) is 5.69 Å². The normalized spacial score (nSPS) is 10.0. The number of hydrogen-bond donors (Lipinski definition) is 0. The van der Waals surface area contributed by atoms with Crippen LogP contribution in [0.3, 0.4) is 0 Å². The highest BCUT2D eigenvalue weighted by Crippen LogP contribution is 2.06. The molecule has 1 aromatic rings. The van der Waals surface area contributed by atoms with Crippen LogP contribution in [0.4, 0.5) is 0 Å². The van der Waals surface area contributed by atoms with Gasteiger partial charge in [-0.2, -0.15) is 0 Å². The second-order valence-corrected chi connectivity index (χ2v) is 3.16. The summed E-state index contributed by atoms with van der Waals surface area (Å²) in [6, 6.07) is 3.66. The number of hydroxylamine groups is 2. The van der Waals surface area contributed by atoms with Gasteiger partial charge in [0, 0.05) is 12.7 Å². The molecule has 0 aliphatic heterocycles. The van der Waals surface area contributed by atoms with Crippen molar-refractivity contribution in [2.45, 2.75) is 13.8 Å². The maximum Gasteiger partial charge on any atom is 0.295 e. The molecule has 1 rings (SSSR count). The predicted octanol–water partition coefficient (Wildman–Crippen LogP) is 1.33. The van der Waals surface area contributed by atoms with Crippen molar-refractivity contribution in [3.63, 3.8) is 0 Å². The quantitative estimate of drug-likeness (QED) is 0.667. The highest BCUT2D eigenvalue weighted by atomic mass is 16.7. The molecule has 0 saturated heterocycles. The zero-order valence-electron chi connectivity index (χ0n) is 8.87. The first kappa shape index (κ1) is 10.7. The molecule has 0 radical (unpaired) electrons. The number of carbonyl (C=O) groups excluding carboxylic acids is 1. The van der Waals surface area contributed by atoms with Crippen LogP contribution < -0.4 is 0 Å². The first-order chi connectivity index (χ1) is 6.54. The van der Waals surface area contributed by atoms with Crippen molar-refractivity contribution in [2.75, 3.05) is 14.2 Å². The lowest BCUT2D eigenvalue weighted by atomic mass is 10.2. The van der Waals surface area contributed by atoms with Crippen LogP contribution in [0.5, 0.6) is 0 Å². The van der Waals surface area contributed by atoms with Crippen LogP contribution in [0, 0.1) is 13.8 Å². The fourth-order valence-electron chi connectivity index (χ4n) is 1.20. The number of carbonyl (C=O) groups is 1. The Morgan fingerprint density at radius 1 is 1.43 bits per heavy atom. The summed E-state index contributed by atoms with van der Waals surface area (Å²) in [6.07, 6.45) is 0. The summed E-state index contributed by atoms with van der Waals surface area (Å²) in [5.74, 6) is -0.237. The summed E-state index contributed by atoms with van der Waals surface area (Å²) >= 11 is 0. The van der Waals surface area contributed by atoms with Gasteiger partial charge in [0.05, 0.1) is 7.11 Å². The molecule has 1 amide bonds. The van der Waals surface area contributed by atoms with Crippen molar-refractivity contribution in [3.05, 3.63) is 29.1 Å². The van der Waals surface area contributed by atoms with E-state index in [-0.39, 0.29) is 5.91 Å². The lowest BCUT2D eigenvalue weighted by molar-refractivity contribution is -0.0760. The van der Waals surface area contributed by atoms with Crippen molar-refractivity contribution in [1.29, 1.82) is 0 Å². The average Bonchev–Trinajstić information content (AvgIpc) is 2.14. The summed E-state index contributed by atoms with van der Waals surface area (Å²) in [4.78, 5) is 20.5. The van der Waals surface area contributed by atoms with Crippen LogP contribution in [0.15, 0.2) is 12.1 Å². The van der Waals surface area contributed by atoms with Gasteiger partial charge in [0.2, 0.25) is 0 Å². The van der Waals surface area contributed by atoms with Crippen LogP contribution >= 0.6 is 0 Å². The Morgan fingerprint density at radius 2 is 2.07 bits per heavy atom. The number of aryl methyl sites for hydroxylation is 2. The Balaban J connectivity index is 3.01. The van der Waals surface area contributed by atoms with E-state index in [9.17, 15) is 4.79 Å². The molecule has 0 bridgehead atoms. The summed E-state index contributed by atoms with van der Waals surface area (Å²) < 4.78 is 0. The Morgan fingerprint density at radius 3 is 2.57 bits per heavy atom. The number of nitrogens with zero attached hydrogens (tertiary/aromatic N) is 2. The largest absolute Gasteiger partial charge is 0.295 e. The molecule has 0 fully saturated rings. The molecule has 1 aromatic heterocycles. The van der Waals surface area contributed by atoms with E-state index in [4.69, 9.17) is 4.84 Å². The number of pyridine rings is 1. The van der Waals surface area contributed by atoms with Gasteiger partial charge in [0.15, 0.2) is 0 Å². The van der Waals surface area contributed by atoms with Crippen molar-refractivity contribution in [1.82, 2.24) is 10.0 Å². The molecule has 0 aromatic carbocycles. The Kier molecular flexibility index (Phi) is 3.19. The third kappa shape index (κ3) is 2.29. The molecule has 4 heteroatoms. The maximum absolute atomic E-state index is 11.6. The van der Waals surface area contributed by atoms with E-state index in [2.05, 4.69) is 4.98 Å². The van der Waals surface area contributed by atoms with Gasteiger partial charge in [-0.05, 0) is 31.5 Å². The van der Waals surface area contributed by atoms with E-state index >= 15 is 0 Å². The van der Waals surface area contributed by atoms with Gasteiger partial charge in [-0.25, -0.2) is 10.0 Å². The fraction of sp³-hybridized carbons (Fsp3) is 0.400. The molecule has 0 spiro atoms. The SMILES string of the molecule is CON(C)C(=O)c1cc(C)cc(C)n1. The molecule has 0 saturated carbocycles. The maximum atomic E-state index is 11.6. The Labute approximate surface area is 83.5 Å². The number of aromatic nitrogens is 1. The molecule has 0 aliphatic rings. The zero-order chi connectivity index (χ0) is 10.7. The van der Waals surface area contributed by atoms with Crippen LogP contribution in [0.2, 0.25) is 0 Å². The van der Waals surface area contributed by atoms with Gasteiger partial charge >= 0.3 is 0 Å². The smallest absolute Gasteiger partial charge is 0.274 e. The number of amides is 1. The minimum atomic E-state index is -0.237. The lowest BCUT2D eigenvalue weighted by Gasteiger charge is -2.13. The average molecular weight is 194 g/mol. The van der Waals surface area contributed by atoms with Gasteiger partial charge in [-0.15, -0.1) is 0 Å². The van der Waals surface area contributed by atoms with Crippen LogP contribution in [0.25, 0.3) is 0 Å². The molecule has 0 aliphatic carbocycles. The first-order valence-electron chi connectivity index (χ1n) is 4.32. The summed E-state index contributed by atoms with van der Waals surface area (Å²) in [6.45, 7) is 3.79. The molecule has 1 heterocycles. The van der Waals surface area contributed by atoms with Gasteiger partial charge in [-0.1, -0.05) is 0 Å². The zero-order valence-corrected chi connectivity index (χ0v) is 8.87. The second-order valence-electron chi connectivity index (χ2n) is 3.16. The van der Waals surface area contributed by atoms with E-state index < -0.39 is 0 Å². The summed E-state index contributed by atoms with van der Waals surface area (Å²) in [7, 11) is 3.00. The van der Waals surface area contributed by atoms with Gasteiger partial charge in [-0.3, -0.25) is 9.63 Å². The molecule has 14 heavy (non-hydrogen) atoms. The minimum absolute atomic E-state index is 0.237. The van der Waals surface area contributed by atoms with E-state index in [0.717, 1.165) is 16.3 Å². The fourth-order valence-corrected chi connectivity index (χ4v) is 1.20. The number of hydrogen-bond acceptors (Lipinski definition) is 3. The predicted molar refractivity (Wildman–Crippen MR) is 52.8 cm³/mol. The van der Waals surface area contributed by atoms with Crippen LogP contribution in [-0.4, -0.2) is 30.1 Å². The standard InChI is InChI=1S/C10H14N2O2/c1-7-5-8(2)11-9(6-7)10(13)12(3)14-4/h5-6H,1-4H3. The van der Waals surface area contributed by atoms with Crippen molar-refractivity contribution in [2.24, 2.45) is 0 Å². The second kappa shape index (κ2) is 4.19. The molecule has 76 valence electrons. The molecule has 0 N–H and O–H groups in total. The summed E-state index contributed by atoms with van der Waals surface area (Å²) in [5, 5.41) is 1.15. The minimum Gasteiger partial charge on any atom is -0.274 e. The van der Waals surface area contributed by atoms with E-state index in [0.29, 0.717) is 5.69 Å². The monoisotopic (exact) mass is 194 g/mol. The van der Waals surface area contributed by atoms with Gasteiger partial charge < -0.3 is 0 Å². The first-order valence-corrected chi connectivity index (χ1v) is 4.32. The van der Waals surface area contributed by atoms with E-state index in [1.807, 2.05) is 19.9 Å². The molecule has 0 atom stereocenters. The van der Waals surface area contributed by atoms with Gasteiger partial charge in [0.25, 0.3) is 5.91 Å². The third-order valence-corrected chi connectivity index (χ3v) is 1.88. The van der Waals surface area contributed by atoms with E-state index in [1.54, 1.807) is 13.1 Å². The van der Waals surface area contributed by atoms with Crippen molar-refractivity contribution in [3.8, 4) is 0 Å². The Hall–Kier alpha value is -1.42.